The number of nitrogens with zero attached hydrogens (tertiary/aromatic N) is 2. The van der Waals surface area contributed by atoms with Gasteiger partial charge in [-0.25, -0.2) is 19.0 Å². The SMILES string of the molecule is CC[C@@]1(O[Si](C)(C)C(C)(C)C)C(=O)OCc2c1cc1n(c2=O)Cc2c-1nc1cc(F)c(C)c3c1c2[C@@H](NC(=O)OCC1c2ccccc2-c2ccccc21)CC3. The maximum atomic E-state index is 15.6. The smallest absolute Gasteiger partial charge is 0.407 e. The molecule has 4 heterocycles. The first-order chi connectivity index (χ1) is 26.6. The van der Waals surface area contributed by atoms with Crippen LogP contribution < -0.4 is 10.9 Å². The van der Waals surface area contributed by atoms with E-state index in [1.807, 2.05) is 37.3 Å². The predicted octanol–water partition coefficient (Wildman–Crippen LogP) is 9.08. The Morgan fingerprint density at radius 2 is 1.71 bits per heavy atom. The number of aryl methyl sites for hydroxylation is 1. The van der Waals surface area contributed by atoms with Gasteiger partial charge in [-0.05, 0) is 89.3 Å². The summed E-state index contributed by atoms with van der Waals surface area (Å²) in [7, 11) is -2.57. The fourth-order valence-electron chi connectivity index (χ4n) is 9.23. The average Bonchev–Trinajstić information content (AvgIpc) is 3.69. The minimum absolute atomic E-state index is 0.0955. The van der Waals surface area contributed by atoms with E-state index in [0.29, 0.717) is 46.4 Å². The zero-order valence-electron chi connectivity index (χ0n) is 32.9. The normalized spacial score (nSPS) is 19.5. The molecule has 288 valence electrons. The molecule has 1 N–H and O–H groups in total. The van der Waals surface area contributed by atoms with E-state index in [1.54, 1.807) is 11.5 Å². The van der Waals surface area contributed by atoms with Crippen LogP contribution in [-0.4, -0.2) is 36.5 Å². The van der Waals surface area contributed by atoms with Crippen molar-refractivity contribution in [1.82, 2.24) is 14.9 Å². The van der Waals surface area contributed by atoms with Crippen LogP contribution >= 0.6 is 0 Å². The second kappa shape index (κ2) is 12.7. The topological polar surface area (TPSA) is 109 Å². The summed E-state index contributed by atoms with van der Waals surface area (Å²) < 4.78 is 35.9. The second-order valence-electron chi connectivity index (χ2n) is 17.2. The van der Waals surface area contributed by atoms with Gasteiger partial charge in [-0.15, -0.1) is 0 Å². The van der Waals surface area contributed by atoms with Gasteiger partial charge in [0.25, 0.3) is 5.56 Å². The van der Waals surface area contributed by atoms with Crippen LogP contribution in [0.3, 0.4) is 0 Å². The number of hydrogen-bond donors (Lipinski definition) is 1. The molecule has 2 aliphatic heterocycles. The Kier molecular flexibility index (Phi) is 8.27. The molecule has 1 amide bonds. The summed E-state index contributed by atoms with van der Waals surface area (Å²) in [4.78, 5) is 47.2. The zero-order chi connectivity index (χ0) is 39.5. The molecule has 9 rings (SSSR count). The summed E-state index contributed by atoms with van der Waals surface area (Å²) in [6.07, 6.45) is 0.771. The lowest BCUT2D eigenvalue weighted by molar-refractivity contribution is -0.170. The van der Waals surface area contributed by atoms with E-state index in [2.05, 4.69) is 63.4 Å². The molecule has 2 aliphatic carbocycles. The van der Waals surface area contributed by atoms with Crippen molar-refractivity contribution in [1.29, 1.82) is 0 Å². The van der Waals surface area contributed by atoms with Crippen molar-refractivity contribution >= 4 is 31.3 Å². The maximum Gasteiger partial charge on any atom is 0.407 e. The molecule has 0 saturated heterocycles. The average molecular weight is 772 g/mol. The highest BCUT2D eigenvalue weighted by Gasteiger charge is 2.54. The number of fused-ring (bicyclic) bond motifs is 8. The third kappa shape index (κ3) is 5.26. The quantitative estimate of drug-likeness (QED) is 0.133. The molecule has 2 aromatic heterocycles. The lowest BCUT2D eigenvalue weighted by atomic mass is 9.81. The Labute approximate surface area is 326 Å². The largest absolute Gasteiger partial charge is 0.458 e. The number of ether oxygens (including phenoxy) is 2. The van der Waals surface area contributed by atoms with Crippen LogP contribution in [-0.2, 0) is 43.9 Å². The Bertz CT molecular complexity index is 2550. The number of carbonyl (C=O) groups excluding carboxylic acids is 2. The molecule has 0 radical (unpaired) electrons. The summed E-state index contributed by atoms with van der Waals surface area (Å²) >= 11 is 0. The Balaban J connectivity index is 1.12. The zero-order valence-corrected chi connectivity index (χ0v) is 33.9. The molecule has 56 heavy (non-hydrogen) atoms. The number of carbonyl (C=O) groups is 2. The van der Waals surface area contributed by atoms with E-state index in [-0.39, 0.29) is 48.5 Å². The predicted molar refractivity (Wildman–Crippen MR) is 215 cm³/mol. The van der Waals surface area contributed by atoms with Crippen LogP contribution in [0.5, 0.6) is 0 Å². The lowest BCUT2D eigenvalue weighted by Crippen LogP contribution is -2.54. The second-order valence-corrected chi connectivity index (χ2v) is 21.9. The number of halogens is 1. The molecule has 5 aromatic rings. The Morgan fingerprint density at radius 3 is 2.38 bits per heavy atom. The third-order valence-corrected chi connectivity index (χ3v) is 17.7. The highest BCUT2D eigenvalue weighted by molar-refractivity contribution is 6.74. The fraction of sp³-hybridized carbons (Fsp3) is 0.378. The first-order valence-electron chi connectivity index (χ1n) is 19.6. The van der Waals surface area contributed by atoms with Gasteiger partial charge in [-0.2, -0.15) is 0 Å². The number of nitrogens with one attached hydrogen (secondary N) is 1. The molecule has 0 unspecified atom stereocenters. The van der Waals surface area contributed by atoms with Crippen molar-refractivity contribution in [3.63, 3.8) is 0 Å². The van der Waals surface area contributed by atoms with E-state index >= 15 is 4.39 Å². The van der Waals surface area contributed by atoms with E-state index < -0.39 is 32.0 Å². The number of amides is 1. The third-order valence-electron chi connectivity index (χ3n) is 13.2. The van der Waals surface area contributed by atoms with E-state index in [1.165, 1.54) is 6.07 Å². The molecular formula is C45H46FN3O6Si. The first kappa shape index (κ1) is 36.5. The van der Waals surface area contributed by atoms with Crippen LogP contribution in [0.2, 0.25) is 18.1 Å². The molecule has 3 aromatic carbocycles. The number of alkyl carbamates (subject to hydrolysis) is 1. The Morgan fingerprint density at radius 1 is 1.04 bits per heavy atom. The molecule has 0 fully saturated rings. The van der Waals surface area contributed by atoms with Crippen molar-refractivity contribution in [2.24, 2.45) is 0 Å². The summed E-state index contributed by atoms with van der Waals surface area (Å²) in [5, 5.41) is 3.75. The number of rotatable bonds is 6. The van der Waals surface area contributed by atoms with Gasteiger partial charge in [0, 0.05) is 28.5 Å². The van der Waals surface area contributed by atoms with Gasteiger partial charge in [-0.3, -0.25) is 4.79 Å². The number of aromatic nitrogens is 2. The van der Waals surface area contributed by atoms with Gasteiger partial charge in [0.2, 0.25) is 0 Å². The number of esters is 1. The van der Waals surface area contributed by atoms with Crippen LogP contribution in [0.15, 0.2) is 65.5 Å². The van der Waals surface area contributed by atoms with Gasteiger partial charge >= 0.3 is 12.1 Å². The van der Waals surface area contributed by atoms with Gasteiger partial charge in [-0.1, -0.05) is 76.2 Å². The molecule has 0 spiro atoms. The molecule has 0 bridgehead atoms. The van der Waals surface area contributed by atoms with Crippen molar-refractivity contribution in [3.05, 3.63) is 121 Å². The van der Waals surface area contributed by atoms with Gasteiger partial charge < -0.3 is 23.8 Å². The highest BCUT2D eigenvalue weighted by atomic mass is 28.4. The van der Waals surface area contributed by atoms with Gasteiger partial charge in [0.1, 0.15) is 19.0 Å². The highest BCUT2D eigenvalue weighted by Crippen LogP contribution is 2.49. The number of benzene rings is 3. The maximum absolute atomic E-state index is 15.6. The van der Waals surface area contributed by atoms with Crippen LogP contribution in [0.1, 0.15) is 97.0 Å². The minimum Gasteiger partial charge on any atom is -0.458 e. The summed E-state index contributed by atoms with van der Waals surface area (Å²) in [5.74, 6) is -0.956. The van der Waals surface area contributed by atoms with Crippen LogP contribution in [0, 0.1) is 12.7 Å². The van der Waals surface area contributed by atoms with Crippen molar-refractivity contribution in [3.8, 4) is 22.5 Å². The summed E-state index contributed by atoms with van der Waals surface area (Å²) in [5.41, 5.74) is 8.19. The first-order valence-corrected chi connectivity index (χ1v) is 22.5. The fourth-order valence-corrected chi connectivity index (χ4v) is 10.7. The summed E-state index contributed by atoms with van der Waals surface area (Å²) in [6, 6.07) is 19.3. The van der Waals surface area contributed by atoms with Gasteiger partial charge in [0.05, 0.1) is 35.1 Å². The minimum atomic E-state index is -2.57. The van der Waals surface area contributed by atoms with Crippen molar-refractivity contribution < 1.29 is 27.9 Å². The standard InChI is InChI=1S/C45H46FN3O6Si/c1-8-45(55-56(6,7)44(3,4)5)33-19-37-40-30(21-49(37)41(50)32(33)23-53-42(45)51)39-35(18-17-25-24(2)34(46)20-36(47-40)38(25)39)48-43(52)54-22-31-28-15-11-9-13-26(28)27-14-10-12-16-29(27)31/h9-16,19-20,31,35H,8,17-18,21-23H2,1-7H3,(H,48,52)/t35-,45-/m0/s1. The molecule has 0 saturated carbocycles. The Hall–Kier alpha value is -5.13. The van der Waals surface area contributed by atoms with Crippen LogP contribution in [0.25, 0.3) is 33.4 Å². The monoisotopic (exact) mass is 771 g/mol. The van der Waals surface area contributed by atoms with Crippen molar-refractivity contribution in [2.45, 2.75) is 103 Å². The van der Waals surface area contributed by atoms with E-state index in [0.717, 1.165) is 44.3 Å². The van der Waals surface area contributed by atoms with E-state index in [9.17, 15) is 14.4 Å². The molecule has 11 heteroatoms. The molecule has 4 aliphatic rings. The summed E-state index contributed by atoms with van der Waals surface area (Å²) in [6.45, 7) is 14.3. The van der Waals surface area contributed by atoms with Crippen LogP contribution in [0.4, 0.5) is 9.18 Å². The van der Waals surface area contributed by atoms with E-state index in [4.69, 9.17) is 18.9 Å². The van der Waals surface area contributed by atoms with Gasteiger partial charge in [0.15, 0.2) is 13.9 Å². The number of pyridine rings is 2. The molecule has 9 nitrogen and oxygen atoms in total. The number of hydrogen-bond acceptors (Lipinski definition) is 7. The lowest BCUT2D eigenvalue weighted by Gasteiger charge is -2.46. The molecular weight excluding hydrogens is 726 g/mol. The molecule has 2 atom stereocenters. The number of cyclic esters (lactones) is 1. The van der Waals surface area contributed by atoms with Crippen molar-refractivity contribution in [2.75, 3.05) is 6.61 Å².